The van der Waals surface area contributed by atoms with Crippen LogP contribution in [0.25, 0.3) is 127 Å². The van der Waals surface area contributed by atoms with Crippen LogP contribution in [0.1, 0.15) is 108 Å². The number of hydrogen-bond donors (Lipinski definition) is 0. The minimum atomic E-state index is -0.878. The lowest BCUT2D eigenvalue weighted by Gasteiger charge is -2.46. The Kier molecular flexibility index (Phi) is 12.5. The number of anilines is 9. The van der Waals surface area contributed by atoms with Crippen LogP contribution in [0.5, 0.6) is 0 Å². The zero-order valence-corrected chi connectivity index (χ0v) is 68.1. The Hall–Kier alpha value is -14.4. The van der Waals surface area contributed by atoms with Crippen LogP contribution >= 0.6 is 0 Å². The van der Waals surface area contributed by atoms with E-state index in [2.05, 4.69) is 186 Å². The lowest BCUT2D eigenvalue weighted by molar-refractivity contribution is 0.590. The Balaban J connectivity index is 0.952. The molecule has 2 aliphatic rings. The number of nitrogens with zero attached hydrogens (tertiary/aromatic N) is 6. The molecule has 0 aliphatic carbocycles. The van der Waals surface area contributed by atoms with Gasteiger partial charge in [0.15, 0.2) is 0 Å². The first-order valence-electron chi connectivity index (χ1n) is 51.3. The van der Waals surface area contributed by atoms with Crippen molar-refractivity contribution < 1.29 is 28.8 Å². The molecule has 2 aliphatic heterocycles. The highest BCUT2D eigenvalue weighted by atomic mass is 15.2. The standard InChI is InChI=1S/C114H91BN6/c1-112(2,3)80-51-61-104-96(66-80)97-67-81(113(4,5)6)52-62-105(97)119(104)87-58-60-99-107(71-87)121(111-94(76-37-19-12-20-38-76)68-82(114(7,8)9)69-95(111)77-39-21-13-22-40-77)109-73-89(116(83-41-23-14-24-42-83)84-53-55-85(56-54-84)117-100-47-29-25-43-90(100)91-44-26-30-48-101(91)117)72-108-110(109)115(99)98-59-57-86(118-102-49-31-27-45-92(102)93-46-28-32-50-103(93)118)70-106(98)120(108)88-64-78(74-33-15-10-16-34-74)63-79(65-88)75-35-17-11-18-36-75/h10-73H,1-9H3/i14D,23D,24D,25D,26D,27D,28D,29D,30D,31D,32D,41D,42D,43D,44D,45D,46D,47D,48D,49D,50D. The molecular weight excluding hydrogens is 1460 g/mol. The molecule has 6 nitrogen and oxygen atoms in total. The lowest BCUT2D eigenvalue weighted by Crippen LogP contribution is -2.61. The van der Waals surface area contributed by atoms with E-state index in [0.29, 0.717) is 45.0 Å². The number of rotatable bonds is 12. The van der Waals surface area contributed by atoms with Gasteiger partial charge >= 0.3 is 0 Å². The van der Waals surface area contributed by atoms with Gasteiger partial charge in [0.2, 0.25) is 0 Å². The first-order chi connectivity index (χ1) is 67.6. The first kappa shape index (κ1) is 53.8. The minimum Gasteiger partial charge on any atom is -0.311 e. The van der Waals surface area contributed by atoms with E-state index in [4.69, 9.17) is 5.48 Å². The molecule has 0 saturated carbocycles. The van der Waals surface area contributed by atoms with E-state index in [-0.39, 0.29) is 82.9 Å². The second kappa shape index (κ2) is 28.2. The maximum atomic E-state index is 10.5. The van der Waals surface area contributed by atoms with Crippen molar-refractivity contribution in [2.75, 3.05) is 14.7 Å². The van der Waals surface area contributed by atoms with E-state index in [0.717, 1.165) is 94.2 Å². The zero-order valence-electron chi connectivity index (χ0n) is 89.1. The van der Waals surface area contributed by atoms with Crippen molar-refractivity contribution >= 4 is 140 Å². The van der Waals surface area contributed by atoms with Gasteiger partial charge in [0.25, 0.3) is 6.71 Å². The molecule has 0 atom stereocenters. The summed E-state index contributed by atoms with van der Waals surface area (Å²) >= 11 is 0. The predicted molar refractivity (Wildman–Crippen MR) is 516 cm³/mol. The number of hydrogen-bond acceptors (Lipinski definition) is 3. The molecule has 0 N–H and O–H groups in total. The maximum absolute atomic E-state index is 10.5. The summed E-state index contributed by atoms with van der Waals surface area (Å²) in [5.74, 6) is 0. The Morgan fingerprint density at radius 3 is 1.07 bits per heavy atom. The molecule has 121 heavy (non-hydrogen) atoms. The van der Waals surface area contributed by atoms with E-state index >= 15 is 0 Å². The third-order valence-electron chi connectivity index (χ3n) is 24.2. The van der Waals surface area contributed by atoms with Gasteiger partial charge in [-0.05, 0) is 234 Å². The molecule has 0 amide bonds. The van der Waals surface area contributed by atoms with Gasteiger partial charge in [0.1, 0.15) is 0 Å². The zero-order chi connectivity index (χ0) is 100. The van der Waals surface area contributed by atoms with Gasteiger partial charge < -0.3 is 28.4 Å². The fourth-order valence-corrected chi connectivity index (χ4v) is 18.3. The maximum Gasteiger partial charge on any atom is 0.252 e. The van der Waals surface area contributed by atoms with Crippen molar-refractivity contribution in [1.29, 1.82) is 0 Å². The van der Waals surface area contributed by atoms with Crippen LogP contribution in [-0.2, 0) is 16.2 Å². The van der Waals surface area contributed by atoms with E-state index in [1.807, 2.05) is 127 Å². The molecule has 0 saturated heterocycles. The predicted octanol–water partition coefficient (Wildman–Crippen LogP) is 29.1. The normalized spacial score (nSPS) is 15.2. The van der Waals surface area contributed by atoms with Crippen LogP contribution in [0, 0.1) is 0 Å². The van der Waals surface area contributed by atoms with Crippen molar-refractivity contribution in [3.63, 3.8) is 0 Å². The lowest BCUT2D eigenvalue weighted by atomic mass is 9.33. The fraction of sp³-hybridized carbons (Fsp3) is 0.105. The van der Waals surface area contributed by atoms with Crippen LogP contribution in [0.4, 0.5) is 51.2 Å². The number of aromatic nitrogens is 3. The topological polar surface area (TPSA) is 24.5 Å². The molecule has 22 rings (SSSR count). The van der Waals surface area contributed by atoms with E-state index < -0.39 is 139 Å². The highest BCUT2D eigenvalue weighted by molar-refractivity contribution is 7.00. The molecule has 0 unspecified atom stereocenters. The molecule has 0 fully saturated rings. The molecule has 0 spiro atoms. The average molecular weight is 1580 g/mol. The van der Waals surface area contributed by atoms with Crippen LogP contribution in [0.3, 0.4) is 0 Å². The third-order valence-corrected chi connectivity index (χ3v) is 24.2. The van der Waals surface area contributed by atoms with Crippen LogP contribution in [0.15, 0.2) is 388 Å². The summed E-state index contributed by atoms with van der Waals surface area (Å²) in [6.45, 7) is 19.0. The quantitative estimate of drug-likeness (QED) is 0.114. The van der Waals surface area contributed by atoms with E-state index in [1.165, 1.54) is 9.13 Å². The van der Waals surface area contributed by atoms with Crippen LogP contribution in [0.2, 0.25) is 0 Å². The number of para-hydroxylation sites is 5. The number of benzene rings is 17. The van der Waals surface area contributed by atoms with Gasteiger partial charge in [-0.3, -0.25) is 0 Å². The van der Waals surface area contributed by atoms with Gasteiger partial charge in [-0.1, -0.05) is 299 Å². The Bertz CT molecular complexity index is 8500. The van der Waals surface area contributed by atoms with Crippen LogP contribution in [-0.4, -0.2) is 20.4 Å². The summed E-state index contributed by atoms with van der Waals surface area (Å²) in [4.78, 5) is 6.06. The molecule has 0 radical (unpaired) electrons. The highest BCUT2D eigenvalue weighted by Crippen LogP contribution is 2.55. The smallest absolute Gasteiger partial charge is 0.252 e. The van der Waals surface area contributed by atoms with Gasteiger partial charge in [-0.15, -0.1) is 0 Å². The van der Waals surface area contributed by atoms with Gasteiger partial charge in [0, 0.05) is 100 Å². The molecule has 7 heteroatoms. The van der Waals surface area contributed by atoms with E-state index in [1.54, 1.807) is 29.2 Å². The second-order valence-corrected chi connectivity index (χ2v) is 34.6. The molecule has 580 valence electrons. The number of fused-ring (bicyclic) bond motifs is 13. The van der Waals surface area contributed by atoms with Crippen molar-refractivity contribution in [2.24, 2.45) is 0 Å². The molecule has 0 bridgehead atoms. The summed E-state index contributed by atoms with van der Waals surface area (Å²) in [7, 11) is 0. The fourth-order valence-electron chi connectivity index (χ4n) is 18.3. The van der Waals surface area contributed by atoms with Crippen molar-refractivity contribution in [2.45, 2.75) is 78.6 Å². The monoisotopic (exact) mass is 1580 g/mol. The largest absolute Gasteiger partial charge is 0.311 e. The Morgan fingerprint density at radius 1 is 0.256 bits per heavy atom. The molecular formula is C114H91BN6. The Morgan fingerprint density at radius 2 is 0.636 bits per heavy atom. The first-order valence-corrected chi connectivity index (χ1v) is 40.8. The average Bonchev–Trinajstić information content (AvgIpc) is 0.829. The van der Waals surface area contributed by atoms with Crippen LogP contribution < -0.4 is 31.1 Å². The summed E-state index contributed by atoms with van der Waals surface area (Å²) < 4.78 is 206. The summed E-state index contributed by atoms with van der Waals surface area (Å²) in [6, 6.07) is 74.8. The minimum absolute atomic E-state index is 0.119. The van der Waals surface area contributed by atoms with Crippen molar-refractivity contribution in [3.05, 3.63) is 404 Å². The summed E-state index contributed by atoms with van der Waals surface area (Å²) in [5.41, 5.74) is 16.7. The highest BCUT2D eigenvalue weighted by Gasteiger charge is 2.46. The van der Waals surface area contributed by atoms with Crippen molar-refractivity contribution in [1.82, 2.24) is 13.7 Å². The summed E-state index contributed by atoms with van der Waals surface area (Å²) in [6.07, 6.45) is 0. The van der Waals surface area contributed by atoms with Gasteiger partial charge in [0.05, 0.1) is 73.3 Å². The van der Waals surface area contributed by atoms with Gasteiger partial charge in [-0.25, -0.2) is 0 Å². The second-order valence-electron chi connectivity index (χ2n) is 34.6. The molecule has 20 aromatic rings. The molecule has 5 heterocycles. The summed E-state index contributed by atoms with van der Waals surface area (Å²) in [5, 5.41) is 1.49. The SMILES string of the molecule is [2H]c1c([2H])c([2H])c(N(c2ccc(-n3c4c([2H])c([2H])c([2H])c([2H])c4c4c([2H])c([2H])c([2H])c([2H])c43)cc2)c2cc3c4c(c2)N(c2c(-c5ccccc5)cc(C(C)(C)C)cc2-c2ccccc2)c2cc(-n5c6ccc(C(C)(C)C)cc6c6cc(C(C)(C)C)ccc65)ccc2B4c2ccc(-n4c5c([2H])c([2H])c([2H])c([2H])c5c5c([2H])c([2H])c([2H])c([2H])c54)cc2N3c2cc(-c3ccccc3)cc(-c3ccccc3)c2)c([2H])c1[2H]. The van der Waals surface area contributed by atoms with Crippen molar-refractivity contribution in [3.8, 4) is 61.6 Å². The molecule has 17 aromatic carbocycles. The third kappa shape index (κ3) is 12.1. The van der Waals surface area contributed by atoms with Gasteiger partial charge in [-0.2, -0.15) is 0 Å². The van der Waals surface area contributed by atoms with E-state index in [9.17, 15) is 23.3 Å². The molecule has 3 aromatic heterocycles. The Labute approximate surface area is 737 Å².